The van der Waals surface area contributed by atoms with E-state index >= 15 is 0 Å². The van der Waals surface area contributed by atoms with E-state index in [0.29, 0.717) is 5.56 Å². The van der Waals surface area contributed by atoms with E-state index in [4.69, 9.17) is 9.47 Å². The number of hydrogen-bond donors (Lipinski definition) is 0. The summed E-state index contributed by atoms with van der Waals surface area (Å²) in [5.41, 5.74) is 2.90. The van der Waals surface area contributed by atoms with Crippen LogP contribution < -0.4 is 9.64 Å². The normalized spacial score (nSPS) is 16.2. The van der Waals surface area contributed by atoms with Crippen LogP contribution in [0, 0.1) is 0 Å². The lowest BCUT2D eigenvalue weighted by atomic mass is 10.1. The average molecular weight is 354 g/mol. The molecular formula is C21H26N2O3. The third-order valence-electron chi connectivity index (χ3n) is 4.65. The van der Waals surface area contributed by atoms with Crippen molar-refractivity contribution in [3.63, 3.8) is 0 Å². The number of esters is 1. The largest absolute Gasteiger partial charge is 0.485 e. The fourth-order valence-electron chi connectivity index (χ4n) is 3.36. The van der Waals surface area contributed by atoms with Crippen LogP contribution in [-0.2, 0) is 11.3 Å². The highest BCUT2D eigenvalue weighted by atomic mass is 16.5. The maximum atomic E-state index is 11.5. The van der Waals surface area contributed by atoms with Gasteiger partial charge in [-0.3, -0.25) is 4.90 Å². The van der Waals surface area contributed by atoms with Crippen LogP contribution in [0.3, 0.4) is 0 Å². The first-order chi connectivity index (χ1) is 12.6. The summed E-state index contributed by atoms with van der Waals surface area (Å²) >= 11 is 0. The molecule has 0 saturated heterocycles. The summed E-state index contributed by atoms with van der Waals surface area (Å²) in [6, 6.07) is 15.8. The van der Waals surface area contributed by atoms with E-state index in [1.807, 2.05) is 24.3 Å². The van der Waals surface area contributed by atoms with Crippen molar-refractivity contribution in [1.82, 2.24) is 4.90 Å². The quantitative estimate of drug-likeness (QED) is 0.745. The lowest BCUT2D eigenvalue weighted by Crippen LogP contribution is -2.45. The van der Waals surface area contributed by atoms with E-state index in [-0.39, 0.29) is 12.1 Å². The first-order valence-electron chi connectivity index (χ1n) is 8.97. The molecule has 0 spiro atoms. The predicted molar refractivity (Wildman–Crippen MR) is 103 cm³/mol. The van der Waals surface area contributed by atoms with Crippen molar-refractivity contribution in [2.75, 3.05) is 38.7 Å². The summed E-state index contributed by atoms with van der Waals surface area (Å²) in [5, 5.41) is 0. The Morgan fingerprint density at radius 3 is 2.65 bits per heavy atom. The van der Waals surface area contributed by atoms with Gasteiger partial charge in [-0.25, -0.2) is 4.79 Å². The molecule has 2 aromatic rings. The first-order valence-corrected chi connectivity index (χ1v) is 8.97. The smallest absolute Gasteiger partial charge is 0.337 e. The molecule has 0 saturated carbocycles. The third kappa shape index (κ3) is 4.17. The van der Waals surface area contributed by atoms with Gasteiger partial charge in [0.2, 0.25) is 0 Å². The average Bonchev–Trinajstić information content (AvgIpc) is 2.67. The molecule has 5 nitrogen and oxygen atoms in total. The van der Waals surface area contributed by atoms with Gasteiger partial charge in [-0.15, -0.1) is 0 Å². The predicted octanol–water partition coefficient (Wildman–Crippen LogP) is 3.19. The molecule has 1 heterocycles. The molecule has 0 amide bonds. The van der Waals surface area contributed by atoms with Crippen LogP contribution in [0.25, 0.3) is 0 Å². The number of carbonyl (C=O) groups is 1. The van der Waals surface area contributed by atoms with Gasteiger partial charge in [0.1, 0.15) is 11.9 Å². The zero-order valence-electron chi connectivity index (χ0n) is 15.6. The second kappa shape index (κ2) is 8.23. The van der Waals surface area contributed by atoms with E-state index in [2.05, 4.69) is 35.9 Å². The number of fused-ring (bicyclic) bond motifs is 1. The first kappa shape index (κ1) is 18.3. The summed E-state index contributed by atoms with van der Waals surface area (Å²) in [6.07, 6.45) is 0.129. The van der Waals surface area contributed by atoms with Gasteiger partial charge in [0.05, 0.1) is 24.9 Å². The van der Waals surface area contributed by atoms with Crippen LogP contribution in [0.15, 0.2) is 48.5 Å². The number of para-hydroxylation sites is 2. The van der Waals surface area contributed by atoms with Crippen LogP contribution in [0.1, 0.15) is 22.8 Å². The Labute approximate surface area is 155 Å². The minimum atomic E-state index is -0.307. The standard InChI is InChI=1S/C21H26N2O3/c1-4-23-15-18(26-20-8-6-5-7-19(20)23)14-22(2)13-16-9-11-17(12-10-16)21(24)25-3/h5-12,18H,4,13-15H2,1-3H3. The molecule has 3 rings (SSSR count). The number of rotatable bonds is 6. The number of benzene rings is 2. The lowest BCUT2D eigenvalue weighted by Gasteiger charge is -2.37. The molecule has 138 valence electrons. The molecule has 5 heteroatoms. The zero-order valence-corrected chi connectivity index (χ0v) is 15.6. The molecule has 0 bridgehead atoms. The van der Waals surface area contributed by atoms with Crippen molar-refractivity contribution in [3.05, 3.63) is 59.7 Å². The number of hydrogen-bond acceptors (Lipinski definition) is 5. The maximum Gasteiger partial charge on any atom is 0.337 e. The van der Waals surface area contributed by atoms with Crippen molar-refractivity contribution in [3.8, 4) is 5.75 Å². The second-order valence-electron chi connectivity index (χ2n) is 6.63. The molecule has 1 aliphatic heterocycles. The van der Waals surface area contributed by atoms with Crippen molar-refractivity contribution in [2.45, 2.75) is 19.6 Å². The molecule has 26 heavy (non-hydrogen) atoms. The summed E-state index contributed by atoms with van der Waals surface area (Å²) in [4.78, 5) is 16.1. The van der Waals surface area contributed by atoms with Crippen molar-refractivity contribution in [2.24, 2.45) is 0 Å². The van der Waals surface area contributed by atoms with Crippen molar-refractivity contribution < 1.29 is 14.3 Å². The number of carbonyl (C=O) groups excluding carboxylic acids is 1. The third-order valence-corrected chi connectivity index (χ3v) is 4.65. The molecule has 0 radical (unpaired) electrons. The Morgan fingerprint density at radius 2 is 1.96 bits per heavy atom. The van der Waals surface area contributed by atoms with Crippen LogP contribution in [0.5, 0.6) is 5.75 Å². The molecule has 1 atom stereocenters. The maximum absolute atomic E-state index is 11.5. The zero-order chi connectivity index (χ0) is 18.5. The minimum absolute atomic E-state index is 0.129. The Hall–Kier alpha value is -2.53. The molecule has 1 unspecified atom stereocenters. The van der Waals surface area contributed by atoms with E-state index in [0.717, 1.165) is 37.5 Å². The summed E-state index contributed by atoms with van der Waals surface area (Å²) in [6.45, 7) is 5.67. The molecule has 1 aliphatic rings. The van der Waals surface area contributed by atoms with Gasteiger partial charge < -0.3 is 14.4 Å². The Bertz CT molecular complexity index is 745. The molecule has 0 N–H and O–H groups in total. The van der Waals surface area contributed by atoms with Crippen LogP contribution in [-0.4, -0.2) is 50.8 Å². The molecule has 0 aliphatic carbocycles. The van der Waals surface area contributed by atoms with E-state index in [9.17, 15) is 4.79 Å². The van der Waals surface area contributed by atoms with Crippen LogP contribution >= 0.6 is 0 Å². The van der Waals surface area contributed by atoms with Gasteiger partial charge in [0, 0.05) is 19.6 Å². The van der Waals surface area contributed by atoms with Crippen molar-refractivity contribution >= 4 is 11.7 Å². The minimum Gasteiger partial charge on any atom is -0.485 e. The number of likely N-dealkylation sites (N-methyl/N-ethyl adjacent to an activating group) is 2. The Morgan fingerprint density at radius 1 is 1.23 bits per heavy atom. The SMILES string of the molecule is CCN1CC(CN(C)Cc2ccc(C(=O)OC)cc2)Oc2ccccc21. The second-order valence-corrected chi connectivity index (χ2v) is 6.63. The fourth-order valence-corrected chi connectivity index (χ4v) is 3.36. The Balaban J connectivity index is 1.60. The summed E-state index contributed by atoms with van der Waals surface area (Å²) in [5.74, 6) is 0.653. The van der Waals surface area contributed by atoms with E-state index in [1.165, 1.54) is 12.8 Å². The van der Waals surface area contributed by atoms with Gasteiger partial charge in [-0.05, 0) is 43.8 Å². The van der Waals surface area contributed by atoms with Gasteiger partial charge in [-0.2, -0.15) is 0 Å². The highest BCUT2D eigenvalue weighted by molar-refractivity contribution is 5.89. The van der Waals surface area contributed by atoms with Crippen LogP contribution in [0.4, 0.5) is 5.69 Å². The molecule has 0 fully saturated rings. The summed E-state index contributed by atoms with van der Waals surface area (Å²) in [7, 11) is 3.49. The lowest BCUT2D eigenvalue weighted by molar-refractivity contribution is 0.0600. The molecule has 2 aromatic carbocycles. The monoisotopic (exact) mass is 354 g/mol. The van der Waals surface area contributed by atoms with E-state index in [1.54, 1.807) is 12.1 Å². The summed E-state index contributed by atoms with van der Waals surface area (Å²) < 4.78 is 10.9. The van der Waals surface area contributed by atoms with Gasteiger partial charge >= 0.3 is 5.97 Å². The molecule has 0 aromatic heterocycles. The fraction of sp³-hybridized carbons (Fsp3) is 0.381. The van der Waals surface area contributed by atoms with Gasteiger partial charge in [0.25, 0.3) is 0 Å². The topological polar surface area (TPSA) is 42.0 Å². The number of ether oxygens (including phenoxy) is 2. The Kier molecular flexibility index (Phi) is 5.78. The number of methoxy groups -OCH3 is 1. The van der Waals surface area contributed by atoms with E-state index < -0.39 is 0 Å². The van der Waals surface area contributed by atoms with Gasteiger partial charge in [-0.1, -0.05) is 24.3 Å². The van der Waals surface area contributed by atoms with Crippen molar-refractivity contribution in [1.29, 1.82) is 0 Å². The highest BCUT2D eigenvalue weighted by Crippen LogP contribution is 2.32. The van der Waals surface area contributed by atoms with Crippen LogP contribution in [0.2, 0.25) is 0 Å². The number of anilines is 1. The highest BCUT2D eigenvalue weighted by Gasteiger charge is 2.25. The van der Waals surface area contributed by atoms with Gasteiger partial charge in [0.15, 0.2) is 0 Å². The molecular weight excluding hydrogens is 328 g/mol. The number of nitrogens with zero attached hydrogens (tertiary/aromatic N) is 2.